The van der Waals surface area contributed by atoms with Crippen LogP contribution in [0.2, 0.25) is 0 Å². The number of fused-ring (bicyclic) bond motifs is 1. The van der Waals surface area contributed by atoms with Gasteiger partial charge in [0.2, 0.25) is 0 Å². The molecular weight excluding hydrogens is 283 g/mol. The van der Waals surface area contributed by atoms with E-state index in [1.54, 1.807) is 0 Å². The molecule has 0 saturated heterocycles. The molecule has 8 heteroatoms. The van der Waals surface area contributed by atoms with E-state index in [4.69, 9.17) is 5.73 Å². The first kappa shape index (κ1) is 14.1. The smallest absolute Gasteiger partial charge is 0.365 e. The Labute approximate surface area is 119 Å². The van der Waals surface area contributed by atoms with Crippen LogP contribution in [-0.4, -0.2) is 27.2 Å². The fraction of sp³-hybridized carbons (Fsp3) is 0.538. The number of rotatable bonds is 3. The van der Waals surface area contributed by atoms with E-state index in [0.717, 1.165) is 25.3 Å². The SMILES string of the molecule is NCC1CCCC1Nc1nccn2nc(C(F)(F)F)cc12. The molecule has 1 saturated carbocycles. The highest BCUT2D eigenvalue weighted by Gasteiger charge is 2.35. The van der Waals surface area contributed by atoms with Crippen molar-refractivity contribution in [3.8, 4) is 0 Å². The summed E-state index contributed by atoms with van der Waals surface area (Å²) in [6.45, 7) is 0.563. The summed E-state index contributed by atoms with van der Waals surface area (Å²) in [5, 5.41) is 6.78. The van der Waals surface area contributed by atoms with E-state index >= 15 is 0 Å². The van der Waals surface area contributed by atoms with Gasteiger partial charge in [0.1, 0.15) is 5.52 Å². The molecule has 1 aliphatic rings. The number of anilines is 1. The lowest BCUT2D eigenvalue weighted by atomic mass is 10.0. The van der Waals surface area contributed by atoms with Crippen LogP contribution in [0, 0.1) is 5.92 Å². The Bertz CT molecular complexity index is 636. The molecule has 0 radical (unpaired) electrons. The van der Waals surface area contributed by atoms with Crippen molar-refractivity contribution >= 4 is 11.3 Å². The quantitative estimate of drug-likeness (QED) is 0.912. The van der Waals surface area contributed by atoms with E-state index in [0.29, 0.717) is 23.8 Å². The Hall–Kier alpha value is -1.83. The summed E-state index contributed by atoms with van der Waals surface area (Å²) in [4.78, 5) is 4.15. The van der Waals surface area contributed by atoms with E-state index in [1.165, 1.54) is 16.9 Å². The monoisotopic (exact) mass is 299 g/mol. The van der Waals surface area contributed by atoms with Crippen molar-refractivity contribution in [2.24, 2.45) is 11.7 Å². The Morgan fingerprint density at radius 3 is 2.90 bits per heavy atom. The van der Waals surface area contributed by atoms with Crippen molar-refractivity contribution in [1.82, 2.24) is 14.6 Å². The van der Waals surface area contributed by atoms with Gasteiger partial charge in [-0.2, -0.15) is 18.3 Å². The van der Waals surface area contributed by atoms with Gasteiger partial charge in [0.05, 0.1) is 0 Å². The minimum atomic E-state index is -4.46. The average Bonchev–Trinajstić information content (AvgIpc) is 3.04. The van der Waals surface area contributed by atoms with Gasteiger partial charge in [-0.05, 0) is 25.3 Å². The predicted molar refractivity (Wildman–Crippen MR) is 71.8 cm³/mol. The van der Waals surface area contributed by atoms with Crippen LogP contribution < -0.4 is 11.1 Å². The second-order valence-electron chi connectivity index (χ2n) is 5.31. The van der Waals surface area contributed by atoms with E-state index in [9.17, 15) is 13.2 Å². The van der Waals surface area contributed by atoms with Gasteiger partial charge in [-0.3, -0.25) is 0 Å². The first-order chi connectivity index (χ1) is 9.99. The molecule has 2 unspecified atom stereocenters. The summed E-state index contributed by atoms with van der Waals surface area (Å²) in [5.41, 5.74) is 5.14. The maximum atomic E-state index is 12.7. The van der Waals surface area contributed by atoms with Crippen molar-refractivity contribution in [1.29, 1.82) is 0 Å². The van der Waals surface area contributed by atoms with Crippen LogP contribution in [0.15, 0.2) is 18.5 Å². The van der Waals surface area contributed by atoms with Gasteiger partial charge in [-0.25, -0.2) is 9.50 Å². The fourth-order valence-electron chi connectivity index (χ4n) is 2.86. The van der Waals surface area contributed by atoms with Crippen LogP contribution in [0.3, 0.4) is 0 Å². The van der Waals surface area contributed by atoms with E-state index in [2.05, 4.69) is 15.4 Å². The normalized spacial score (nSPS) is 22.9. The van der Waals surface area contributed by atoms with E-state index < -0.39 is 11.9 Å². The predicted octanol–water partition coefficient (Wildman–Crippen LogP) is 2.29. The standard InChI is InChI=1S/C13H16F3N5/c14-13(15,16)11-6-10-12(18-4-5-21(10)20-11)19-9-3-1-2-8(9)7-17/h4-6,8-9H,1-3,7,17H2,(H,18,19). The molecule has 1 fully saturated rings. The van der Waals surface area contributed by atoms with Crippen molar-refractivity contribution in [3.05, 3.63) is 24.2 Å². The summed E-state index contributed by atoms with van der Waals surface area (Å²) in [7, 11) is 0. The molecule has 0 amide bonds. The lowest BCUT2D eigenvalue weighted by Gasteiger charge is -2.20. The highest BCUT2D eigenvalue weighted by atomic mass is 19.4. The van der Waals surface area contributed by atoms with Crippen molar-refractivity contribution in [2.45, 2.75) is 31.5 Å². The molecular formula is C13H16F3N5. The second-order valence-corrected chi connectivity index (χ2v) is 5.31. The number of halogens is 3. The second kappa shape index (κ2) is 5.18. The van der Waals surface area contributed by atoms with Crippen LogP contribution >= 0.6 is 0 Å². The number of aromatic nitrogens is 3. The van der Waals surface area contributed by atoms with Gasteiger partial charge in [-0.15, -0.1) is 0 Å². The van der Waals surface area contributed by atoms with Crippen LogP contribution in [0.25, 0.3) is 5.52 Å². The number of nitrogens with one attached hydrogen (secondary N) is 1. The van der Waals surface area contributed by atoms with Crippen molar-refractivity contribution in [2.75, 3.05) is 11.9 Å². The van der Waals surface area contributed by atoms with Gasteiger partial charge >= 0.3 is 6.18 Å². The van der Waals surface area contributed by atoms with Crippen LogP contribution in [-0.2, 0) is 6.18 Å². The third-order valence-electron chi connectivity index (χ3n) is 3.96. The van der Waals surface area contributed by atoms with Gasteiger partial charge in [0.15, 0.2) is 11.5 Å². The molecule has 3 rings (SSSR count). The molecule has 5 nitrogen and oxygen atoms in total. The molecule has 2 atom stereocenters. The lowest BCUT2D eigenvalue weighted by Crippen LogP contribution is -2.29. The van der Waals surface area contributed by atoms with Crippen molar-refractivity contribution < 1.29 is 13.2 Å². The molecule has 0 aromatic carbocycles. The van der Waals surface area contributed by atoms with Gasteiger partial charge in [0, 0.05) is 24.5 Å². The Morgan fingerprint density at radius 2 is 2.19 bits per heavy atom. The highest BCUT2D eigenvalue weighted by molar-refractivity contribution is 5.68. The maximum Gasteiger partial charge on any atom is 0.435 e. The molecule has 0 aliphatic heterocycles. The zero-order chi connectivity index (χ0) is 15.0. The fourth-order valence-corrected chi connectivity index (χ4v) is 2.86. The lowest BCUT2D eigenvalue weighted by molar-refractivity contribution is -0.141. The molecule has 2 aromatic heterocycles. The van der Waals surface area contributed by atoms with E-state index in [-0.39, 0.29) is 6.04 Å². The molecule has 2 aromatic rings. The van der Waals surface area contributed by atoms with Crippen LogP contribution in [0.1, 0.15) is 25.0 Å². The first-order valence-electron chi connectivity index (χ1n) is 6.87. The number of hydrogen-bond donors (Lipinski definition) is 2. The molecule has 2 heterocycles. The van der Waals surface area contributed by atoms with Crippen LogP contribution in [0.4, 0.5) is 19.0 Å². The molecule has 1 aliphatic carbocycles. The molecule has 0 spiro atoms. The topological polar surface area (TPSA) is 68.2 Å². The third kappa shape index (κ3) is 2.67. The minimum absolute atomic E-state index is 0.151. The summed E-state index contributed by atoms with van der Waals surface area (Å²) in [6, 6.07) is 1.17. The summed E-state index contributed by atoms with van der Waals surface area (Å²) in [5.74, 6) is 0.753. The average molecular weight is 299 g/mol. The number of hydrogen-bond acceptors (Lipinski definition) is 4. The summed E-state index contributed by atoms with van der Waals surface area (Å²) < 4.78 is 39.4. The largest absolute Gasteiger partial charge is 0.435 e. The highest BCUT2D eigenvalue weighted by Crippen LogP contribution is 2.32. The van der Waals surface area contributed by atoms with Gasteiger partial charge < -0.3 is 11.1 Å². The van der Waals surface area contributed by atoms with E-state index in [1.807, 2.05) is 0 Å². The number of alkyl halides is 3. The Kier molecular flexibility index (Phi) is 3.48. The van der Waals surface area contributed by atoms with Gasteiger partial charge in [0.25, 0.3) is 0 Å². The molecule has 21 heavy (non-hydrogen) atoms. The van der Waals surface area contributed by atoms with Gasteiger partial charge in [-0.1, -0.05) is 6.42 Å². The Balaban J connectivity index is 1.93. The molecule has 0 bridgehead atoms. The van der Waals surface area contributed by atoms with Crippen molar-refractivity contribution in [3.63, 3.8) is 0 Å². The Morgan fingerprint density at radius 1 is 1.38 bits per heavy atom. The minimum Gasteiger partial charge on any atom is -0.365 e. The third-order valence-corrected chi connectivity index (χ3v) is 3.96. The summed E-state index contributed by atoms with van der Waals surface area (Å²) >= 11 is 0. The zero-order valence-corrected chi connectivity index (χ0v) is 11.3. The molecule has 3 N–H and O–H groups in total. The maximum absolute atomic E-state index is 12.7. The molecule has 114 valence electrons. The summed E-state index contributed by atoms with van der Waals surface area (Å²) in [6.07, 6.45) is 1.43. The first-order valence-corrected chi connectivity index (χ1v) is 6.87. The zero-order valence-electron chi connectivity index (χ0n) is 11.3. The number of nitrogens with zero attached hydrogens (tertiary/aromatic N) is 3. The number of nitrogens with two attached hydrogens (primary N) is 1. The van der Waals surface area contributed by atoms with Crippen LogP contribution in [0.5, 0.6) is 0 Å².